The largest absolute Gasteiger partial charge is 0.368 e. The molecule has 1 aromatic carbocycles. The highest BCUT2D eigenvalue weighted by Crippen LogP contribution is 2.17. The Balaban J connectivity index is 2.10. The SMILES string of the molecule is CCn1nc(CNOCC(N)=O)c2ccccc21. The number of amides is 1. The Morgan fingerprint density at radius 3 is 3.00 bits per heavy atom. The number of carbonyl (C=O) groups excluding carboxylic acids is 1. The summed E-state index contributed by atoms with van der Waals surface area (Å²) in [6.07, 6.45) is 0. The number of para-hydroxylation sites is 1. The fraction of sp³-hybridized carbons (Fsp3) is 0.333. The lowest BCUT2D eigenvalue weighted by Crippen LogP contribution is -2.24. The van der Waals surface area contributed by atoms with Gasteiger partial charge in [-0.25, -0.2) is 0 Å². The molecular formula is C12H16N4O2. The van der Waals surface area contributed by atoms with Gasteiger partial charge in [-0.3, -0.25) is 14.3 Å². The highest BCUT2D eigenvalue weighted by molar-refractivity contribution is 5.81. The van der Waals surface area contributed by atoms with Gasteiger partial charge in [-0.05, 0) is 13.0 Å². The summed E-state index contributed by atoms with van der Waals surface area (Å²) in [6, 6.07) is 7.99. The molecule has 2 aromatic rings. The molecule has 0 aliphatic carbocycles. The third-order valence-electron chi connectivity index (χ3n) is 2.59. The fourth-order valence-electron chi connectivity index (χ4n) is 1.81. The zero-order valence-corrected chi connectivity index (χ0v) is 10.2. The van der Waals surface area contributed by atoms with Gasteiger partial charge < -0.3 is 5.73 Å². The second-order valence-electron chi connectivity index (χ2n) is 3.86. The molecular weight excluding hydrogens is 232 g/mol. The number of nitrogens with zero attached hydrogens (tertiary/aromatic N) is 2. The van der Waals surface area contributed by atoms with Gasteiger partial charge in [0.15, 0.2) is 0 Å². The fourth-order valence-corrected chi connectivity index (χ4v) is 1.81. The normalized spacial score (nSPS) is 10.9. The van der Waals surface area contributed by atoms with Crippen LogP contribution in [0.5, 0.6) is 0 Å². The summed E-state index contributed by atoms with van der Waals surface area (Å²) < 4.78 is 1.93. The van der Waals surface area contributed by atoms with Crippen molar-refractivity contribution in [2.45, 2.75) is 20.0 Å². The Hall–Kier alpha value is -1.92. The number of hydroxylamine groups is 1. The van der Waals surface area contributed by atoms with Crippen molar-refractivity contribution >= 4 is 16.8 Å². The third-order valence-corrected chi connectivity index (χ3v) is 2.59. The first-order chi connectivity index (χ1) is 8.72. The second kappa shape index (κ2) is 5.61. The molecule has 1 amide bonds. The van der Waals surface area contributed by atoms with Crippen molar-refractivity contribution in [2.24, 2.45) is 5.73 Å². The molecule has 0 bridgehead atoms. The van der Waals surface area contributed by atoms with Crippen molar-refractivity contribution in [1.82, 2.24) is 15.3 Å². The van der Waals surface area contributed by atoms with Crippen LogP contribution in [-0.4, -0.2) is 22.3 Å². The zero-order chi connectivity index (χ0) is 13.0. The van der Waals surface area contributed by atoms with Crippen LogP contribution < -0.4 is 11.2 Å². The van der Waals surface area contributed by atoms with Crippen molar-refractivity contribution in [3.05, 3.63) is 30.0 Å². The van der Waals surface area contributed by atoms with Crippen LogP contribution in [0.4, 0.5) is 0 Å². The number of rotatable bonds is 6. The van der Waals surface area contributed by atoms with Gasteiger partial charge in [-0.15, -0.1) is 0 Å². The van der Waals surface area contributed by atoms with Gasteiger partial charge in [-0.1, -0.05) is 18.2 Å². The van der Waals surface area contributed by atoms with Crippen molar-refractivity contribution in [2.75, 3.05) is 6.61 Å². The monoisotopic (exact) mass is 248 g/mol. The summed E-state index contributed by atoms with van der Waals surface area (Å²) in [4.78, 5) is 15.4. The molecule has 0 unspecified atom stereocenters. The number of benzene rings is 1. The molecule has 6 heteroatoms. The van der Waals surface area contributed by atoms with Gasteiger partial charge in [0.25, 0.3) is 0 Å². The maximum Gasteiger partial charge on any atom is 0.245 e. The van der Waals surface area contributed by atoms with Gasteiger partial charge in [0.05, 0.1) is 17.8 Å². The van der Waals surface area contributed by atoms with Crippen LogP contribution in [0.25, 0.3) is 10.9 Å². The molecule has 0 aliphatic rings. The smallest absolute Gasteiger partial charge is 0.245 e. The summed E-state index contributed by atoms with van der Waals surface area (Å²) in [5, 5.41) is 5.56. The average molecular weight is 248 g/mol. The molecule has 1 aromatic heterocycles. The molecule has 1 heterocycles. The summed E-state index contributed by atoms with van der Waals surface area (Å²) in [6.45, 7) is 3.14. The summed E-state index contributed by atoms with van der Waals surface area (Å²) >= 11 is 0. The topological polar surface area (TPSA) is 82.2 Å². The summed E-state index contributed by atoms with van der Waals surface area (Å²) in [7, 11) is 0. The minimum absolute atomic E-state index is 0.146. The molecule has 18 heavy (non-hydrogen) atoms. The predicted octanol–water partition coefficient (Wildman–Crippen LogP) is 0.563. The second-order valence-corrected chi connectivity index (χ2v) is 3.86. The molecule has 0 saturated carbocycles. The van der Waals surface area contributed by atoms with E-state index >= 15 is 0 Å². The molecule has 0 aliphatic heterocycles. The van der Waals surface area contributed by atoms with E-state index in [4.69, 9.17) is 10.6 Å². The maximum atomic E-state index is 10.5. The van der Waals surface area contributed by atoms with Crippen molar-refractivity contribution < 1.29 is 9.63 Å². The van der Waals surface area contributed by atoms with E-state index < -0.39 is 5.91 Å². The average Bonchev–Trinajstić information content (AvgIpc) is 2.73. The first kappa shape index (κ1) is 12.5. The van der Waals surface area contributed by atoms with Crippen LogP contribution in [0, 0.1) is 0 Å². The van der Waals surface area contributed by atoms with Crippen molar-refractivity contribution in [1.29, 1.82) is 0 Å². The first-order valence-corrected chi connectivity index (χ1v) is 5.79. The maximum absolute atomic E-state index is 10.5. The standard InChI is InChI=1S/C12H16N4O2/c1-2-16-11-6-4-3-5-9(11)10(15-16)7-14-18-8-12(13)17/h3-6,14H,2,7-8H2,1H3,(H2,13,17). The van der Waals surface area contributed by atoms with E-state index in [9.17, 15) is 4.79 Å². The Labute approximate surface area is 105 Å². The van der Waals surface area contributed by atoms with E-state index in [1.165, 1.54) is 0 Å². The van der Waals surface area contributed by atoms with Gasteiger partial charge >= 0.3 is 0 Å². The molecule has 96 valence electrons. The van der Waals surface area contributed by atoms with E-state index in [1.54, 1.807) is 0 Å². The lowest BCUT2D eigenvalue weighted by molar-refractivity contribution is -0.125. The lowest BCUT2D eigenvalue weighted by Gasteiger charge is -2.01. The Morgan fingerprint density at radius 2 is 2.28 bits per heavy atom. The molecule has 6 nitrogen and oxygen atoms in total. The number of hydrogen-bond donors (Lipinski definition) is 2. The molecule has 0 atom stereocenters. The van der Waals surface area contributed by atoms with E-state index in [0.29, 0.717) is 6.54 Å². The van der Waals surface area contributed by atoms with Crippen LogP contribution in [-0.2, 0) is 22.7 Å². The van der Waals surface area contributed by atoms with Crippen LogP contribution in [0.2, 0.25) is 0 Å². The Bertz CT molecular complexity index is 550. The van der Waals surface area contributed by atoms with Gasteiger partial charge in [0.1, 0.15) is 6.61 Å². The van der Waals surface area contributed by atoms with E-state index in [0.717, 1.165) is 23.1 Å². The van der Waals surface area contributed by atoms with E-state index in [-0.39, 0.29) is 6.61 Å². The van der Waals surface area contributed by atoms with Crippen LogP contribution in [0.1, 0.15) is 12.6 Å². The Morgan fingerprint density at radius 1 is 1.50 bits per heavy atom. The van der Waals surface area contributed by atoms with Crippen molar-refractivity contribution in [3.63, 3.8) is 0 Å². The number of nitrogens with one attached hydrogen (secondary N) is 1. The molecule has 2 rings (SSSR count). The number of primary amides is 1. The van der Waals surface area contributed by atoms with E-state index in [2.05, 4.69) is 10.6 Å². The van der Waals surface area contributed by atoms with Gasteiger partial charge in [-0.2, -0.15) is 10.6 Å². The van der Waals surface area contributed by atoms with Crippen LogP contribution in [0.3, 0.4) is 0 Å². The van der Waals surface area contributed by atoms with Gasteiger partial charge in [0, 0.05) is 11.9 Å². The molecule has 0 saturated heterocycles. The summed E-state index contributed by atoms with van der Waals surface area (Å²) in [5.41, 5.74) is 9.63. The lowest BCUT2D eigenvalue weighted by atomic mass is 10.2. The minimum atomic E-state index is -0.508. The van der Waals surface area contributed by atoms with Gasteiger partial charge in [0.2, 0.25) is 5.91 Å². The number of aromatic nitrogens is 2. The molecule has 0 radical (unpaired) electrons. The predicted molar refractivity (Wildman–Crippen MR) is 67.4 cm³/mol. The quantitative estimate of drug-likeness (QED) is 0.578. The Kier molecular flexibility index (Phi) is 3.91. The number of aryl methyl sites for hydroxylation is 1. The third kappa shape index (κ3) is 2.66. The summed E-state index contributed by atoms with van der Waals surface area (Å²) in [5.74, 6) is -0.508. The zero-order valence-electron chi connectivity index (χ0n) is 10.2. The van der Waals surface area contributed by atoms with Crippen LogP contribution >= 0.6 is 0 Å². The first-order valence-electron chi connectivity index (χ1n) is 5.79. The minimum Gasteiger partial charge on any atom is -0.368 e. The number of nitrogens with two attached hydrogens (primary N) is 1. The van der Waals surface area contributed by atoms with Crippen molar-refractivity contribution in [3.8, 4) is 0 Å². The highest BCUT2D eigenvalue weighted by Gasteiger charge is 2.08. The number of carbonyl (C=O) groups is 1. The van der Waals surface area contributed by atoms with E-state index in [1.807, 2.05) is 35.9 Å². The molecule has 0 fully saturated rings. The molecule has 3 N–H and O–H groups in total. The highest BCUT2D eigenvalue weighted by atomic mass is 16.6. The molecule has 0 spiro atoms. The van der Waals surface area contributed by atoms with Crippen LogP contribution in [0.15, 0.2) is 24.3 Å². The number of hydrogen-bond acceptors (Lipinski definition) is 4. The number of fused-ring (bicyclic) bond motifs is 1.